The van der Waals surface area contributed by atoms with Crippen LogP contribution in [0.4, 0.5) is 32.2 Å². The number of nitrogens with zero attached hydrogens (tertiary/aromatic N) is 5. The Morgan fingerprint density at radius 1 is 0.982 bits per heavy atom. The molecule has 0 saturated heterocycles. The second-order valence-corrected chi connectivity index (χ2v) is 16.8. The summed E-state index contributed by atoms with van der Waals surface area (Å²) in [6.45, 7) is 0. The number of nitrogens with two attached hydrogens (primary N) is 1. The summed E-state index contributed by atoms with van der Waals surface area (Å²) in [6, 6.07) is 11.9. The highest BCUT2D eigenvalue weighted by atomic mass is 35.5. The lowest BCUT2D eigenvalue weighted by Crippen LogP contribution is -2.37. The van der Waals surface area contributed by atoms with Gasteiger partial charge in [-0.3, -0.25) is 19.2 Å². The molecule has 0 spiro atoms. The van der Waals surface area contributed by atoms with E-state index in [1.807, 2.05) is 0 Å². The fraction of sp³-hybridized carbons (Fsp3) is 0.263. The Morgan fingerprint density at radius 2 is 1.68 bits per heavy atom. The van der Waals surface area contributed by atoms with Crippen LogP contribution in [0.25, 0.3) is 33.2 Å². The van der Waals surface area contributed by atoms with Crippen LogP contribution in [0.1, 0.15) is 58.9 Å². The minimum absolute atomic E-state index is 0.0543. The van der Waals surface area contributed by atoms with Crippen molar-refractivity contribution in [1.29, 1.82) is 0 Å². The van der Waals surface area contributed by atoms with Crippen LogP contribution in [0.2, 0.25) is 10.0 Å². The molecule has 1 fully saturated rings. The van der Waals surface area contributed by atoms with Crippen LogP contribution in [-0.2, 0) is 34.2 Å². The zero-order valence-corrected chi connectivity index (χ0v) is 32.0. The van der Waals surface area contributed by atoms with E-state index >= 15 is 8.78 Å². The van der Waals surface area contributed by atoms with Crippen molar-refractivity contribution < 1.29 is 39.6 Å². The molecule has 3 N–H and O–H groups in total. The lowest BCUT2D eigenvalue weighted by Gasteiger charge is -2.30. The number of halogens is 8. The molecule has 3 aromatic heterocycles. The maximum atomic E-state index is 16.1. The van der Waals surface area contributed by atoms with Gasteiger partial charge in [-0.05, 0) is 54.7 Å². The first-order valence-corrected chi connectivity index (χ1v) is 19.9. The van der Waals surface area contributed by atoms with Gasteiger partial charge in [0.1, 0.15) is 29.1 Å². The molecule has 1 amide bonds. The molecule has 6 aromatic rings. The smallest absolute Gasteiger partial charge is 0.293 e. The first kappa shape index (κ1) is 38.7. The van der Waals surface area contributed by atoms with Crippen LogP contribution in [-0.4, -0.2) is 45.1 Å². The van der Waals surface area contributed by atoms with Crippen molar-refractivity contribution in [3.63, 3.8) is 0 Å². The number of anilines is 1. The number of primary amides is 1. The second kappa shape index (κ2) is 13.8. The zero-order valence-electron chi connectivity index (χ0n) is 29.6. The van der Waals surface area contributed by atoms with Gasteiger partial charge < -0.3 is 5.73 Å². The van der Waals surface area contributed by atoms with Gasteiger partial charge in [0.05, 0.1) is 27.9 Å². The number of hydrogen-bond donors (Lipinski definition) is 2. The Balaban J connectivity index is 1.45. The number of alkyl halides is 4. The minimum Gasteiger partial charge on any atom is -0.368 e. The molecule has 8 rings (SSSR count). The average Bonchev–Trinajstić information content (AvgIpc) is 3.65. The predicted molar refractivity (Wildman–Crippen MR) is 201 cm³/mol. The number of hydrogen-bond acceptors (Lipinski definition) is 6. The molecule has 0 bridgehead atoms. The van der Waals surface area contributed by atoms with Gasteiger partial charge in [0.2, 0.25) is 15.9 Å². The number of fused-ring (bicyclic) bond motifs is 4. The number of amides is 1. The quantitative estimate of drug-likeness (QED) is 0.125. The van der Waals surface area contributed by atoms with Crippen molar-refractivity contribution in [3.8, 4) is 22.3 Å². The monoisotopic (exact) mass is 847 g/mol. The number of nitrogens with one attached hydrogen (secondary N) is 1. The average molecular weight is 849 g/mol. The maximum absolute atomic E-state index is 16.1. The van der Waals surface area contributed by atoms with Crippen LogP contribution >= 0.6 is 23.2 Å². The number of benzene rings is 3. The van der Waals surface area contributed by atoms with Gasteiger partial charge in [-0.15, -0.1) is 0 Å². The topological polar surface area (TPSA) is 138 Å². The first-order chi connectivity index (χ1) is 26.9. The molecule has 2 aliphatic carbocycles. The fourth-order valence-electron chi connectivity index (χ4n) is 8.12. The van der Waals surface area contributed by atoms with Crippen molar-refractivity contribution in [2.24, 2.45) is 18.7 Å². The third-order valence-corrected chi connectivity index (χ3v) is 11.6. The second-order valence-electron chi connectivity index (χ2n) is 14.2. The molecule has 3 heterocycles. The van der Waals surface area contributed by atoms with Crippen molar-refractivity contribution in [2.45, 2.75) is 43.1 Å². The molecule has 0 aliphatic heterocycles. The molecule has 4 atom stereocenters. The summed E-state index contributed by atoms with van der Waals surface area (Å²) in [5.74, 6) is -10.8. The molecule has 3 aromatic carbocycles. The van der Waals surface area contributed by atoms with E-state index in [9.17, 15) is 30.8 Å². The van der Waals surface area contributed by atoms with Gasteiger partial charge in [-0.2, -0.15) is 19.0 Å². The van der Waals surface area contributed by atoms with E-state index in [4.69, 9.17) is 33.9 Å². The number of rotatable bonds is 11. The molecule has 1 saturated carbocycles. The van der Waals surface area contributed by atoms with Gasteiger partial charge >= 0.3 is 0 Å². The van der Waals surface area contributed by atoms with Crippen LogP contribution in [0.3, 0.4) is 0 Å². The highest BCUT2D eigenvalue weighted by Gasteiger charge is 2.67. The van der Waals surface area contributed by atoms with Crippen molar-refractivity contribution >= 4 is 55.9 Å². The number of carbonyl (C=O) groups excluding carboxylic acids is 1. The molecule has 296 valence electrons. The number of aromatic nitrogens is 5. The van der Waals surface area contributed by atoms with E-state index in [1.54, 1.807) is 36.4 Å². The predicted octanol–water partition coefficient (Wildman–Crippen LogP) is 8.65. The summed E-state index contributed by atoms with van der Waals surface area (Å²) in [4.78, 5) is 18.5. The van der Waals surface area contributed by atoms with Gasteiger partial charge in [-0.25, -0.2) is 30.7 Å². The Kier molecular flexibility index (Phi) is 9.35. The van der Waals surface area contributed by atoms with Gasteiger partial charge in [0.15, 0.2) is 5.82 Å². The van der Waals surface area contributed by atoms with Crippen LogP contribution < -0.4 is 10.5 Å². The molecule has 57 heavy (non-hydrogen) atoms. The highest BCUT2D eigenvalue weighted by Crippen LogP contribution is 2.68. The molecular weight excluding hydrogens is 819 g/mol. The Hall–Kier alpha value is -5.13. The molecular formula is C38H29Cl2F6N7O3S. The minimum atomic E-state index is -3.88. The van der Waals surface area contributed by atoms with Gasteiger partial charge in [0, 0.05) is 64.0 Å². The molecule has 10 nitrogen and oxygen atoms in total. The summed E-state index contributed by atoms with van der Waals surface area (Å²) in [5.41, 5.74) is 5.35. The SMILES string of the molecule is Cn1nc(NS(C)(=O)=O)c2c(Cl)ccc(-c3cc(-c4ccccc4Cl)cnc3[C@@H](Cc3cc(F)cc(F)c3)C(C(N)=O)n3nc(C(F)F)c4c3C(F)(F)[C@@H]3C[C@H]43)c21. The van der Waals surface area contributed by atoms with Gasteiger partial charge in [-0.1, -0.05) is 47.5 Å². The van der Waals surface area contributed by atoms with Crippen molar-refractivity contribution in [3.05, 3.63) is 117 Å². The zero-order chi connectivity index (χ0) is 40.9. The van der Waals surface area contributed by atoms with E-state index in [0.29, 0.717) is 26.9 Å². The number of pyridine rings is 1. The lowest BCUT2D eigenvalue weighted by molar-refractivity contribution is -0.122. The Morgan fingerprint density at radius 3 is 2.33 bits per heavy atom. The summed E-state index contributed by atoms with van der Waals surface area (Å²) in [5, 5.41) is 8.83. The molecule has 2 aliphatic rings. The van der Waals surface area contributed by atoms with Crippen molar-refractivity contribution in [2.75, 3.05) is 11.0 Å². The first-order valence-electron chi connectivity index (χ1n) is 17.3. The molecule has 19 heteroatoms. The summed E-state index contributed by atoms with van der Waals surface area (Å²) in [6.07, 6.45) is -1.53. The normalized spacial score (nSPS) is 18.1. The van der Waals surface area contributed by atoms with Crippen LogP contribution in [0.5, 0.6) is 0 Å². The van der Waals surface area contributed by atoms with Crippen molar-refractivity contribution in [1.82, 2.24) is 24.5 Å². The maximum Gasteiger partial charge on any atom is 0.293 e. The van der Waals surface area contributed by atoms with E-state index in [0.717, 1.165) is 18.4 Å². The standard InChI is InChI=1S/C38H29Cl2F6N7O3S/c1-52-32-21(7-8-27(40)29(32)37(50-52)51-57(2,55)56)22-12-17(20-5-3-4-6-26(20)39)15-48-30(22)24(11-16-9-18(41)13-19(42)10-16)33(36(47)54)53-34-28(31(49-53)35(43)44)23-14-25(23)38(34,45)46/h3-10,12-13,15,23-25,33,35H,11,14H2,1-2H3,(H2,47,54)(H,50,51)/t23-,24+,25+,33?/m0/s1. The van der Waals surface area contributed by atoms with Crippen LogP contribution in [0.15, 0.2) is 66.9 Å². The fourth-order valence-corrected chi connectivity index (χ4v) is 9.10. The van der Waals surface area contributed by atoms with E-state index in [-0.39, 0.29) is 56.1 Å². The third kappa shape index (κ3) is 6.68. The number of aryl methyl sites for hydroxylation is 1. The highest BCUT2D eigenvalue weighted by molar-refractivity contribution is 7.92. The lowest BCUT2D eigenvalue weighted by atomic mass is 9.83. The summed E-state index contributed by atoms with van der Waals surface area (Å²) in [7, 11) is -2.37. The summed E-state index contributed by atoms with van der Waals surface area (Å²) >= 11 is 13.2. The number of carbonyl (C=O) groups is 1. The largest absolute Gasteiger partial charge is 0.368 e. The van der Waals surface area contributed by atoms with Crippen LogP contribution in [0, 0.1) is 17.6 Å². The Bertz CT molecular complexity index is 2740. The third-order valence-electron chi connectivity index (χ3n) is 10.4. The Labute approximate surface area is 330 Å². The van der Waals surface area contributed by atoms with E-state index in [2.05, 4.69) is 14.9 Å². The van der Waals surface area contributed by atoms with E-state index < -0.39 is 81.5 Å². The molecule has 0 radical (unpaired) electrons. The summed E-state index contributed by atoms with van der Waals surface area (Å²) < 4.78 is 120. The van der Waals surface area contributed by atoms with Gasteiger partial charge in [0.25, 0.3) is 12.3 Å². The number of sulfonamides is 1. The molecule has 1 unspecified atom stereocenters. The van der Waals surface area contributed by atoms with E-state index in [1.165, 1.54) is 24.0 Å².